The molecule has 2 aromatic rings. The van der Waals surface area contributed by atoms with Crippen molar-refractivity contribution >= 4 is 17.5 Å². The number of amides is 2. The van der Waals surface area contributed by atoms with Crippen LogP contribution in [0.4, 0.5) is 23.2 Å². The number of primary amides is 1. The van der Waals surface area contributed by atoms with E-state index >= 15 is 0 Å². The largest absolute Gasteiger partial charge is 0.508 e. The molecule has 2 heterocycles. The summed E-state index contributed by atoms with van der Waals surface area (Å²) in [4.78, 5) is 27.9. The first-order valence-corrected chi connectivity index (χ1v) is 9.15. The standard InChI is InChI=1S/C20H19F4N3O4/c1-9-15(12-4-3-10(21)7-14(12)28)16(31-19(9,2)20(22,23)24)18(30)27-11-5-6-26-13(8-11)17(25)29/h3-9,15-16,28H,1-2H3,(H2,25,29)(H,26,27,30)/t9-,15-,16+,19-/m0/s1. The van der Waals surface area contributed by atoms with E-state index in [2.05, 4.69) is 10.3 Å². The number of hydrogen-bond acceptors (Lipinski definition) is 5. The summed E-state index contributed by atoms with van der Waals surface area (Å²) < 4.78 is 60.1. The lowest BCUT2D eigenvalue weighted by Crippen LogP contribution is -2.47. The minimum atomic E-state index is -4.83. The van der Waals surface area contributed by atoms with Gasteiger partial charge in [-0.05, 0) is 25.1 Å². The molecule has 3 rings (SSSR count). The summed E-state index contributed by atoms with van der Waals surface area (Å²) in [6, 6.07) is 5.32. The number of pyridine rings is 1. The van der Waals surface area contributed by atoms with Crippen LogP contribution in [0.1, 0.15) is 35.8 Å². The summed E-state index contributed by atoms with van der Waals surface area (Å²) in [7, 11) is 0. The fourth-order valence-corrected chi connectivity index (χ4v) is 3.68. The van der Waals surface area contributed by atoms with Crippen LogP contribution < -0.4 is 11.1 Å². The van der Waals surface area contributed by atoms with E-state index in [0.29, 0.717) is 0 Å². The van der Waals surface area contributed by atoms with Crippen LogP contribution in [0.3, 0.4) is 0 Å². The van der Waals surface area contributed by atoms with Crippen molar-refractivity contribution in [1.29, 1.82) is 0 Å². The van der Waals surface area contributed by atoms with Crippen LogP contribution >= 0.6 is 0 Å². The first-order chi connectivity index (χ1) is 14.3. The first-order valence-electron chi connectivity index (χ1n) is 9.15. The fourth-order valence-electron chi connectivity index (χ4n) is 3.68. The molecule has 0 bridgehead atoms. The van der Waals surface area contributed by atoms with Crippen molar-refractivity contribution in [3.05, 3.63) is 53.6 Å². The molecule has 11 heteroatoms. The van der Waals surface area contributed by atoms with E-state index in [0.717, 1.165) is 31.2 Å². The maximum Gasteiger partial charge on any atom is 0.417 e. The minimum absolute atomic E-state index is 0.0606. The zero-order valence-electron chi connectivity index (χ0n) is 16.4. The monoisotopic (exact) mass is 441 g/mol. The zero-order chi connectivity index (χ0) is 23.1. The Kier molecular flexibility index (Phi) is 5.66. The van der Waals surface area contributed by atoms with Crippen molar-refractivity contribution in [1.82, 2.24) is 4.98 Å². The van der Waals surface area contributed by atoms with Gasteiger partial charge in [-0.1, -0.05) is 13.0 Å². The Bertz CT molecular complexity index is 1030. The van der Waals surface area contributed by atoms with Crippen LogP contribution in [-0.4, -0.2) is 39.8 Å². The van der Waals surface area contributed by atoms with E-state index in [9.17, 15) is 32.3 Å². The maximum absolute atomic E-state index is 13.8. The summed E-state index contributed by atoms with van der Waals surface area (Å²) in [5.41, 5.74) is 2.27. The lowest BCUT2D eigenvalue weighted by molar-refractivity contribution is -0.272. The molecule has 0 aliphatic carbocycles. The predicted molar refractivity (Wildman–Crippen MR) is 101 cm³/mol. The summed E-state index contributed by atoms with van der Waals surface area (Å²) in [5.74, 6) is -5.74. The lowest BCUT2D eigenvalue weighted by atomic mass is 9.77. The predicted octanol–water partition coefficient (Wildman–Crippen LogP) is 3.10. The fraction of sp³-hybridized carbons (Fsp3) is 0.350. The Morgan fingerprint density at radius 2 is 1.94 bits per heavy atom. The van der Waals surface area contributed by atoms with Gasteiger partial charge < -0.3 is 20.9 Å². The van der Waals surface area contributed by atoms with Gasteiger partial charge in [0.1, 0.15) is 23.4 Å². The number of rotatable bonds is 4. The van der Waals surface area contributed by atoms with Gasteiger partial charge in [0.05, 0.1) is 0 Å². The van der Waals surface area contributed by atoms with Crippen molar-refractivity contribution in [2.24, 2.45) is 11.7 Å². The lowest BCUT2D eigenvalue weighted by Gasteiger charge is -2.31. The van der Waals surface area contributed by atoms with Gasteiger partial charge in [0, 0.05) is 35.3 Å². The van der Waals surface area contributed by atoms with Crippen LogP contribution in [0.25, 0.3) is 0 Å². The number of aromatic hydroxyl groups is 1. The highest BCUT2D eigenvalue weighted by atomic mass is 19.4. The summed E-state index contributed by atoms with van der Waals surface area (Å²) in [5, 5.41) is 12.5. The Hall–Kier alpha value is -3.21. The molecule has 1 aromatic heterocycles. The molecule has 0 spiro atoms. The number of aromatic nitrogens is 1. The molecule has 1 aliphatic heterocycles. The number of nitrogens with two attached hydrogens (primary N) is 1. The second-order valence-corrected chi connectivity index (χ2v) is 7.44. The number of carbonyl (C=O) groups is 2. The molecule has 0 unspecified atom stereocenters. The topological polar surface area (TPSA) is 115 Å². The van der Waals surface area contributed by atoms with Crippen LogP contribution in [-0.2, 0) is 9.53 Å². The van der Waals surface area contributed by atoms with Gasteiger partial charge in [-0.3, -0.25) is 14.6 Å². The molecule has 4 atom stereocenters. The highest BCUT2D eigenvalue weighted by Gasteiger charge is 2.65. The Balaban J connectivity index is 2.01. The van der Waals surface area contributed by atoms with E-state index < -0.39 is 53.1 Å². The van der Waals surface area contributed by atoms with Crippen LogP contribution in [0, 0.1) is 11.7 Å². The van der Waals surface area contributed by atoms with E-state index in [1.807, 2.05) is 0 Å². The number of nitrogens with zero attached hydrogens (tertiary/aromatic N) is 1. The number of alkyl halides is 3. The van der Waals surface area contributed by atoms with Gasteiger partial charge in [0.25, 0.3) is 11.8 Å². The van der Waals surface area contributed by atoms with Crippen molar-refractivity contribution < 1.29 is 37.0 Å². The Morgan fingerprint density at radius 3 is 2.52 bits per heavy atom. The SMILES string of the molecule is C[C@H]1[C@@H](c2ccc(F)cc2O)[C@H](C(=O)Nc2ccnc(C(N)=O)c2)O[C@]1(C)C(F)(F)F. The number of nitrogens with one attached hydrogen (secondary N) is 1. The van der Waals surface area contributed by atoms with Crippen LogP contribution in [0.15, 0.2) is 36.5 Å². The molecule has 7 nitrogen and oxygen atoms in total. The van der Waals surface area contributed by atoms with E-state index in [4.69, 9.17) is 10.5 Å². The first kappa shape index (κ1) is 22.5. The quantitative estimate of drug-likeness (QED) is 0.631. The minimum Gasteiger partial charge on any atom is -0.508 e. The third-order valence-corrected chi connectivity index (χ3v) is 5.56. The molecule has 1 aromatic carbocycles. The number of carbonyl (C=O) groups excluding carboxylic acids is 2. The third-order valence-electron chi connectivity index (χ3n) is 5.56. The molecular weight excluding hydrogens is 422 g/mol. The Morgan fingerprint density at radius 1 is 1.26 bits per heavy atom. The molecule has 166 valence electrons. The normalized spacial score (nSPS) is 25.9. The summed E-state index contributed by atoms with van der Waals surface area (Å²) in [6.45, 7) is 2.06. The number of benzene rings is 1. The van der Waals surface area contributed by atoms with Crippen molar-refractivity contribution in [2.45, 2.75) is 37.6 Å². The summed E-state index contributed by atoms with van der Waals surface area (Å²) >= 11 is 0. The number of anilines is 1. The molecule has 0 radical (unpaired) electrons. The van der Waals surface area contributed by atoms with Gasteiger partial charge >= 0.3 is 6.18 Å². The van der Waals surface area contributed by atoms with Crippen molar-refractivity contribution in [2.75, 3.05) is 5.32 Å². The average Bonchev–Trinajstić information content (AvgIpc) is 2.94. The molecule has 1 saturated heterocycles. The number of ether oxygens (including phenoxy) is 1. The van der Waals surface area contributed by atoms with E-state index in [1.165, 1.54) is 19.2 Å². The number of phenols is 1. The van der Waals surface area contributed by atoms with Crippen LogP contribution in [0.2, 0.25) is 0 Å². The summed E-state index contributed by atoms with van der Waals surface area (Å²) in [6.07, 6.45) is -5.31. The van der Waals surface area contributed by atoms with Gasteiger partial charge in [0.2, 0.25) is 0 Å². The molecule has 2 amide bonds. The second-order valence-electron chi connectivity index (χ2n) is 7.44. The number of hydrogen-bond donors (Lipinski definition) is 3. The van der Waals surface area contributed by atoms with Gasteiger partial charge in [-0.25, -0.2) is 4.39 Å². The maximum atomic E-state index is 13.8. The smallest absolute Gasteiger partial charge is 0.417 e. The highest BCUT2D eigenvalue weighted by Crippen LogP contribution is 2.54. The third kappa shape index (κ3) is 4.05. The average molecular weight is 441 g/mol. The zero-order valence-corrected chi connectivity index (χ0v) is 16.4. The molecule has 31 heavy (non-hydrogen) atoms. The van der Waals surface area contributed by atoms with Crippen LogP contribution in [0.5, 0.6) is 5.75 Å². The molecule has 4 N–H and O–H groups in total. The van der Waals surface area contributed by atoms with E-state index in [-0.39, 0.29) is 16.9 Å². The second kappa shape index (κ2) is 7.80. The van der Waals surface area contributed by atoms with Crippen molar-refractivity contribution in [3.63, 3.8) is 0 Å². The number of halogens is 4. The van der Waals surface area contributed by atoms with E-state index in [1.54, 1.807) is 0 Å². The molecule has 0 saturated carbocycles. The molecule has 1 aliphatic rings. The van der Waals surface area contributed by atoms with Gasteiger partial charge in [0.15, 0.2) is 5.60 Å². The molecular formula is C20H19F4N3O4. The van der Waals surface area contributed by atoms with Gasteiger partial charge in [-0.15, -0.1) is 0 Å². The van der Waals surface area contributed by atoms with Crippen molar-refractivity contribution in [3.8, 4) is 5.75 Å². The highest BCUT2D eigenvalue weighted by molar-refractivity contribution is 5.97. The van der Waals surface area contributed by atoms with Gasteiger partial charge in [-0.2, -0.15) is 13.2 Å². The molecule has 1 fully saturated rings. The number of phenolic OH excluding ortho intramolecular Hbond substituents is 1. The Labute approximate surface area is 174 Å².